The minimum absolute atomic E-state index is 0.00208. The van der Waals surface area contributed by atoms with Crippen molar-refractivity contribution in [3.05, 3.63) is 0 Å². The van der Waals surface area contributed by atoms with Crippen LogP contribution in [0.15, 0.2) is 0 Å². The summed E-state index contributed by atoms with van der Waals surface area (Å²) < 4.78 is 10.2. The second-order valence-corrected chi connectivity index (χ2v) is 4.78. The van der Waals surface area contributed by atoms with Crippen LogP contribution in [0.4, 0.5) is 0 Å². The van der Waals surface area contributed by atoms with Crippen molar-refractivity contribution in [3.63, 3.8) is 0 Å². The Hall–Kier alpha value is -1.10. The van der Waals surface area contributed by atoms with Crippen LogP contribution in [0.25, 0.3) is 0 Å². The molecule has 1 atom stereocenters. The fourth-order valence-electron chi connectivity index (χ4n) is 2.03. The summed E-state index contributed by atoms with van der Waals surface area (Å²) in [5.74, 6) is -0.468. The lowest BCUT2D eigenvalue weighted by molar-refractivity contribution is -0.153. The molecule has 0 aromatic heterocycles. The molecule has 1 amide bonds. The number of ether oxygens (including phenoxy) is 2. The molecule has 1 fully saturated rings. The molecule has 1 heterocycles. The summed E-state index contributed by atoms with van der Waals surface area (Å²) in [4.78, 5) is 25.4. The first kappa shape index (κ1) is 15.0. The Kier molecular flexibility index (Phi) is 6.12. The monoisotopic (exact) mass is 257 g/mol. The molecule has 0 aromatic rings. The van der Waals surface area contributed by atoms with Crippen molar-refractivity contribution in [2.75, 3.05) is 26.4 Å². The van der Waals surface area contributed by atoms with Crippen molar-refractivity contribution in [2.24, 2.45) is 5.92 Å². The second-order valence-electron chi connectivity index (χ2n) is 4.78. The normalized spacial score (nSPS) is 19.7. The lowest BCUT2D eigenvalue weighted by Crippen LogP contribution is -2.46. The molecule has 1 aliphatic heterocycles. The zero-order valence-corrected chi connectivity index (χ0v) is 11.5. The van der Waals surface area contributed by atoms with Gasteiger partial charge in [-0.2, -0.15) is 0 Å². The van der Waals surface area contributed by atoms with Crippen LogP contribution in [-0.2, 0) is 19.1 Å². The number of esters is 1. The van der Waals surface area contributed by atoms with E-state index in [0.29, 0.717) is 13.2 Å². The van der Waals surface area contributed by atoms with E-state index in [1.807, 2.05) is 13.8 Å². The highest BCUT2D eigenvalue weighted by Gasteiger charge is 2.29. The summed E-state index contributed by atoms with van der Waals surface area (Å²) in [5.41, 5.74) is 0. The summed E-state index contributed by atoms with van der Waals surface area (Å²) >= 11 is 0. The standard InChI is InChI=1S/C13H23NO4/c1-4-18-12(15)8-14(10(2)3)13(16)11-6-5-7-17-9-11/h10-11H,4-9H2,1-3H3. The molecular weight excluding hydrogens is 234 g/mol. The van der Waals surface area contributed by atoms with Crippen LogP contribution in [0.2, 0.25) is 0 Å². The van der Waals surface area contributed by atoms with E-state index in [0.717, 1.165) is 19.4 Å². The average molecular weight is 257 g/mol. The molecule has 1 rings (SSSR count). The number of nitrogens with zero attached hydrogens (tertiary/aromatic N) is 1. The molecule has 0 N–H and O–H groups in total. The molecule has 0 bridgehead atoms. The van der Waals surface area contributed by atoms with Gasteiger partial charge in [0.05, 0.1) is 19.1 Å². The van der Waals surface area contributed by atoms with Gasteiger partial charge >= 0.3 is 5.97 Å². The average Bonchev–Trinajstić information content (AvgIpc) is 2.36. The van der Waals surface area contributed by atoms with E-state index in [1.54, 1.807) is 11.8 Å². The van der Waals surface area contributed by atoms with Gasteiger partial charge in [-0.15, -0.1) is 0 Å². The number of hydrogen-bond donors (Lipinski definition) is 0. The molecule has 0 radical (unpaired) electrons. The zero-order valence-electron chi connectivity index (χ0n) is 11.5. The Bertz CT molecular complexity index is 285. The number of rotatable bonds is 5. The molecule has 104 valence electrons. The Labute approximate surface area is 108 Å². The first-order valence-corrected chi connectivity index (χ1v) is 6.60. The van der Waals surface area contributed by atoms with Gasteiger partial charge in [-0.05, 0) is 33.6 Å². The molecule has 1 aliphatic rings. The van der Waals surface area contributed by atoms with Crippen LogP contribution in [0.1, 0.15) is 33.6 Å². The van der Waals surface area contributed by atoms with E-state index in [-0.39, 0.29) is 30.4 Å². The summed E-state index contributed by atoms with van der Waals surface area (Å²) in [7, 11) is 0. The molecule has 18 heavy (non-hydrogen) atoms. The number of hydrogen-bond acceptors (Lipinski definition) is 4. The van der Waals surface area contributed by atoms with Crippen molar-refractivity contribution in [3.8, 4) is 0 Å². The van der Waals surface area contributed by atoms with Crippen molar-refractivity contribution in [1.82, 2.24) is 4.90 Å². The fourth-order valence-corrected chi connectivity index (χ4v) is 2.03. The molecule has 1 unspecified atom stereocenters. The largest absolute Gasteiger partial charge is 0.465 e. The van der Waals surface area contributed by atoms with Crippen LogP contribution >= 0.6 is 0 Å². The van der Waals surface area contributed by atoms with E-state index < -0.39 is 0 Å². The Morgan fingerprint density at radius 2 is 2.17 bits per heavy atom. The van der Waals surface area contributed by atoms with Crippen LogP contribution in [0.3, 0.4) is 0 Å². The van der Waals surface area contributed by atoms with Crippen LogP contribution in [-0.4, -0.2) is 49.2 Å². The van der Waals surface area contributed by atoms with E-state index in [1.165, 1.54) is 0 Å². The third kappa shape index (κ3) is 4.29. The first-order valence-electron chi connectivity index (χ1n) is 6.60. The second kappa shape index (κ2) is 7.36. The predicted octanol–water partition coefficient (Wildman–Crippen LogP) is 1.21. The zero-order chi connectivity index (χ0) is 13.5. The molecule has 0 spiro atoms. The molecular formula is C13H23NO4. The third-order valence-corrected chi connectivity index (χ3v) is 3.02. The summed E-state index contributed by atoms with van der Waals surface area (Å²) in [5, 5.41) is 0. The molecule has 0 saturated carbocycles. The minimum Gasteiger partial charge on any atom is -0.465 e. The number of carbonyl (C=O) groups excluding carboxylic acids is 2. The maximum Gasteiger partial charge on any atom is 0.325 e. The molecule has 0 aliphatic carbocycles. The van der Waals surface area contributed by atoms with E-state index in [9.17, 15) is 9.59 Å². The van der Waals surface area contributed by atoms with Gasteiger partial charge in [-0.3, -0.25) is 9.59 Å². The summed E-state index contributed by atoms with van der Waals surface area (Å²) in [6, 6.07) is -0.0103. The minimum atomic E-state index is -0.351. The van der Waals surface area contributed by atoms with Crippen molar-refractivity contribution in [1.29, 1.82) is 0 Å². The lowest BCUT2D eigenvalue weighted by atomic mass is 10.00. The van der Waals surface area contributed by atoms with Gasteiger partial charge in [0, 0.05) is 12.6 Å². The van der Waals surface area contributed by atoms with Crippen molar-refractivity contribution < 1.29 is 19.1 Å². The Balaban J connectivity index is 2.59. The summed E-state index contributed by atoms with van der Waals surface area (Å²) in [6.07, 6.45) is 1.74. The Morgan fingerprint density at radius 3 is 2.67 bits per heavy atom. The summed E-state index contributed by atoms with van der Waals surface area (Å²) in [6.45, 7) is 7.12. The van der Waals surface area contributed by atoms with Gasteiger partial charge in [-0.25, -0.2) is 0 Å². The van der Waals surface area contributed by atoms with Crippen LogP contribution < -0.4 is 0 Å². The molecule has 1 saturated heterocycles. The smallest absolute Gasteiger partial charge is 0.325 e. The highest BCUT2D eigenvalue weighted by Crippen LogP contribution is 2.17. The van der Waals surface area contributed by atoms with Crippen LogP contribution in [0, 0.1) is 5.92 Å². The van der Waals surface area contributed by atoms with Gasteiger partial charge < -0.3 is 14.4 Å². The first-order chi connectivity index (χ1) is 8.56. The van der Waals surface area contributed by atoms with Gasteiger partial charge in [0.15, 0.2) is 0 Å². The van der Waals surface area contributed by atoms with Crippen molar-refractivity contribution in [2.45, 2.75) is 39.7 Å². The maximum absolute atomic E-state index is 12.3. The third-order valence-electron chi connectivity index (χ3n) is 3.02. The van der Waals surface area contributed by atoms with Crippen molar-refractivity contribution >= 4 is 11.9 Å². The number of amides is 1. The highest BCUT2D eigenvalue weighted by atomic mass is 16.5. The van der Waals surface area contributed by atoms with Crippen LogP contribution in [0.5, 0.6) is 0 Å². The van der Waals surface area contributed by atoms with E-state index in [4.69, 9.17) is 9.47 Å². The Morgan fingerprint density at radius 1 is 1.44 bits per heavy atom. The molecule has 5 heteroatoms. The van der Waals surface area contributed by atoms with Gasteiger partial charge in [-0.1, -0.05) is 0 Å². The van der Waals surface area contributed by atoms with Gasteiger partial charge in [0.2, 0.25) is 5.91 Å². The molecule has 0 aromatic carbocycles. The van der Waals surface area contributed by atoms with E-state index >= 15 is 0 Å². The number of carbonyl (C=O) groups is 2. The quantitative estimate of drug-likeness (QED) is 0.695. The lowest BCUT2D eigenvalue weighted by Gasteiger charge is -2.31. The highest BCUT2D eigenvalue weighted by molar-refractivity contribution is 5.84. The van der Waals surface area contributed by atoms with Gasteiger partial charge in [0.25, 0.3) is 0 Å². The van der Waals surface area contributed by atoms with Gasteiger partial charge in [0.1, 0.15) is 6.54 Å². The predicted molar refractivity (Wildman–Crippen MR) is 67.0 cm³/mol. The molecule has 5 nitrogen and oxygen atoms in total. The topological polar surface area (TPSA) is 55.8 Å². The maximum atomic E-state index is 12.3. The SMILES string of the molecule is CCOC(=O)CN(C(=O)C1CCCOC1)C(C)C. The van der Waals surface area contributed by atoms with E-state index in [2.05, 4.69) is 0 Å². The fraction of sp³-hybridized carbons (Fsp3) is 0.846.